The van der Waals surface area contributed by atoms with E-state index in [1.54, 1.807) is 24.3 Å². The van der Waals surface area contributed by atoms with Crippen LogP contribution >= 0.6 is 11.6 Å². The maximum atomic E-state index is 13.9. The Kier molecular flexibility index (Phi) is 4.57. The van der Waals surface area contributed by atoms with Crippen molar-refractivity contribution >= 4 is 11.6 Å². The van der Waals surface area contributed by atoms with Gasteiger partial charge >= 0.3 is 0 Å². The van der Waals surface area contributed by atoms with E-state index in [-0.39, 0.29) is 11.4 Å². The van der Waals surface area contributed by atoms with E-state index in [0.29, 0.717) is 16.9 Å². The second kappa shape index (κ2) is 6.20. The van der Waals surface area contributed by atoms with Crippen molar-refractivity contribution in [3.05, 3.63) is 64.2 Å². The molecule has 1 atom stereocenters. The highest BCUT2D eigenvalue weighted by Gasteiger charge is 2.16. The van der Waals surface area contributed by atoms with Gasteiger partial charge in [-0.1, -0.05) is 29.8 Å². The fraction of sp³-hybridized carbons (Fsp3) is 0.200. The van der Waals surface area contributed by atoms with Crippen LogP contribution in [0.15, 0.2) is 36.4 Å². The Morgan fingerprint density at radius 1 is 1.25 bits per heavy atom. The summed E-state index contributed by atoms with van der Waals surface area (Å²) in [6.07, 6.45) is 0.162. The van der Waals surface area contributed by atoms with Gasteiger partial charge in [-0.05, 0) is 24.1 Å². The van der Waals surface area contributed by atoms with Crippen molar-refractivity contribution in [2.45, 2.75) is 12.5 Å². The largest absolute Gasteiger partial charge is 0.497 e. The lowest BCUT2D eigenvalue weighted by Gasteiger charge is -2.14. The van der Waals surface area contributed by atoms with Crippen LogP contribution in [-0.4, -0.2) is 7.11 Å². The summed E-state index contributed by atoms with van der Waals surface area (Å²) < 4.78 is 32.6. The third-order valence-corrected chi connectivity index (χ3v) is 3.37. The zero-order chi connectivity index (χ0) is 14.7. The highest BCUT2D eigenvalue weighted by molar-refractivity contribution is 6.30. The second-order valence-electron chi connectivity index (χ2n) is 4.41. The molecule has 0 heterocycles. The van der Waals surface area contributed by atoms with Gasteiger partial charge in [0.25, 0.3) is 0 Å². The van der Waals surface area contributed by atoms with E-state index in [2.05, 4.69) is 0 Å². The van der Waals surface area contributed by atoms with Crippen LogP contribution in [0.3, 0.4) is 0 Å². The van der Waals surface area contributed by atoms with E-state index in [1.807, 2.05) is 0 Å². The minimum absolute atomic E-state index is 0.0323. The van der Waals surface area contributed by atoms with Crippen molar-refractivity contribution in [2.75, 3.05) is 7.11 Å². The first-order chi connectivity index (χ1) is 9.52. The summed E-state index contributed by atoms with van der Waals surface area (Å²) in [5.41, 5.74) is 6.62. The van der Waals surface area contributed by atoms with E-state index in [4.69, 9.17) is 22.1 Å². The number of ether oxygens (including phenoxy) is 1. The van der Waals surface area contributed by atoms with E-state index < -0.39 is 17.7 Å². The fourth-order valence-corrected chi connectivity index (χ4v) is 2.18. The molecule has 20 heavy (non-hydrogen) atoms. The molecule has 0 aliphatic rings. The first-order valence-electron chi connectivity index (χ1n) is 6.05. The molecule has 2 nitrogen and oxygen atoms in total. The summed E-state index contributed by atoms with van der Waals surface area (Å²) in [5, 5.41) is 0.0323. The number of halogens is 3. The molecule has 0 aliphatic heterocycles. The highest BCUT2D eigenvalue weighted by atomic mass is 35.5. The van der Waals surface area contributed by atoms with Gasteiger partial charge in [-0.3, -0.25) is 0 Å². The van der Waals surface area contributed by atoms with Crippen molar-refractivity contribution in [1.82, 2.24) is 0 Å². The topological polar surface area (TPSA) is 35.2 Å². The maximum absolute atomic E-state index is 13.9. The predicted octanol–water partition coefficient (Wildman–Crippen LogP) is 3.87. The molecule has 0 aliphatic carbocycles. The molecule has 5 heteroatoms. The Labute approximate surface area is 121 Å². The first kappa shape index (κ1) is 14.8. The minimum Gasteiger partial charge on any atom is -0.497 e. The number of benzene rings is 2. The van der Waals surface area contributed by atoms with Gasteiger partial charge in [0.15, 0.2) is 0 Å². The molecule has 0 fully saturated rings. The molecule has 0 saturated heterocycles. The van der Waals surface area contributed by atoms with Crippen molar-refractivity contribution in [3.8, 4) is 5.75 Å². The third kappa shape index (κ3) is 3.08. The maximum Gasteiger partial charge on any atom is 0.145 e. The lowest BCUT2D eigenvalue weighted by atomic mass is 9.99. The number of rotatable bonds is 4. The number of hydrogen-bond acceptors (Lipinski definition) is 2. The first-order valence-corrected chi connectivity index (χ1v) is 6.42. The van der Waals surface area contributed by atoms with Crippen molar-refractivity contribution < 1.29 is 13.5 Å². The van der Waals surface area contributed by atoms with Crippen LogP contribution in [0, 0.1) is 11.6 Å². The van der Waals surface area contributed by atoms with Crippen LogP contribution in [0.2, 0.25) is 5.02 Å². The Morgan fingerprint density at radius 2 is 2.00 bits per heavy atom. The predicted molar refractivity (Wildman–Crippen MR) is 75.0 cm³/mol. The minimum atomic E-state index is -0.658. The molecule has 0 spiro atoms. The lowest BCUT2D eigenvalue weighted by molar-refractivity contribution is 0.410. The highest BCUT2D eigenvalue weighted by Crippen LogP contribution is 2.25. The van der Waals surface area contributed by atoms with Crippen LogP contribution in [0.25, 0.3) is 0 Å². The summed E-state index contributed by atoms with van der Waals surface area (Å²) in [6.45, 7) is 0. The second-order valence-corrected chi connectivity index (χ2v) is 4.82. The Bertz CT molecular complexity index is 619. The quantitative estimate of drug-likeness (QED) is 0.930. The Balaban J connectivity index is 2.24. The lowest BCUT2D eigenvalue weighted by Crippen LogP contribution is -2.16. The van der Waals surface area contributed by atoms with Crippen LogP contribution in [-0.2, 0) is 6.42 Å². The molecule has 106 valence electrons. The normalized spacial score (nSPS) is 12.2. The summed E-state index contributed by atoms with van der Waals surface area (Å²) in [6, 6.07) is 8.44. The summed E-state index contributed by atoms with van der Waals surface area (Å²) in [7, 11) is 1.45. The van der Waals surface area contributed by atoms with Gasteiger partial charge in [0.05, 0.1) is 12.1 Å². The van der Waals surface area contributed by atoms with Gasteiger partial charge in [-0.25, -0.2) is 8.78 Å². The molecular formula is C15H14ClF2NO. The zero-order valence-electron chi connectivity index (χ0n) is 10.9. The van der Waals surface area contributed by atoms with Gasteiger partial charge in [0, 0.05) is 17.7 Å². The number of nitrogens with two attached hydrogens (primary N) is 1. The molecule has 2 aromatic carbocycles. The van der Waals surface area contributed by atoms with E-state index in [1.165, 1.54) is 19.2 Å². The van der Waals surface area contributed by atoms with Gasteiger partial charge in [0.1, 0.15) is 17.4 Å². The summed E-state index contributed by atoms with van der Waals surface area (Å²) in [4.78, 5) is 0. The van der Waals surface area contributed by atoms with Gasteiger partial charge < -0.3 is 10.5 Å². The standard InChI is InChI=1S/C15H14ClF2NO/c1-20-10-5-6-11(13(17)8-10)14(19)7-9-3-2-4-12(16)15(9)18/h2-6,8,14H,7,19H2,1H3. The van der Waals surface area contributed by atoms with E-state index in [9.17, 15) is 8.78 Å². The van der Waals surface area contributed by atoms with Crippen LogP contribution < -0.4 is 10.5 Å². The third-order valence-electron chi connectivity index (χ3n) is 3.08. The summed E-state index contributed by atoms with van der Waals surface area (Å²) >= 11 is 5.71. The monoisotopic (exact) mass is 297 g/mol. The smallest absolute Gasteiger partial charge is 0.145 e. The van der Waals surface area contributed by atoms with E-state index in [0.717, 1.165) is 0 Å². The van der Waals surface area contributed by atoms with Crippen LogP contribution in [0.4, 0.5) is 8.78 Å². The Hall–Kier alpha value is -1.65. The molecule has 1 unspecified atom stereocenters. The van der Waals surface area contributed by atoms with Gasteiger partial charge in [0.2, 0.25) is 0 Å². The molecule has 0 aromatic heterocycles. The van der Waals surface area contributed by atoms with Crippen LogP contribution in [0.5, 0.6) is 5.75 Å². The van der Waals surface area contributed by atoms with E-state index >= 15 is 0 Å². The molecular weight excluding hydrogens is 284 g/mol. The van der Waals surface area contributed by atoms with Crippen molar-refractivity contribution in [2.24, 2.45) is 5.73 Å². The molecule has 0 bridgehead atoms. The number of hydrogen-bond donors (Lipinski definition) is 1. The molecule has 2 rings (SSSR count). The van der Waals surface area contributed by atoms with Crippen molar-refractivity contribution in [1.29, 1.82) is 0 Å². The molecule has 0 amide bonds. The van der Waals surface area contributed by atoms with Crippen LogP contribution in [0.1, 0.15) is 17.2 Å². The fourth-order valence-electron chi connectivity index (χ4n) is 1.99. The average Bonchev–Trinajstić information content (AvgIpc) is 2.43. The SMILES string of the molecule is COc1ccc(C(N)Cc2cccc(Cl)c2F)c(F)c1. The summed E-state index contributed by atoms with van der Waals surface area (Å²) in [5.74, 6) is -0.579. The Morgan fingerprint density at radius 3 is 2.65 bits per heavy atom. The zero-order valence-corrected chi connectivity index (χ0v) is 11.6. The molecule has 0 radical (unpaired) electrons. The number of methoxy groups -OCH3 is 1. The molecule has 2 aromatic rings. The van der Waals surface area contributed by atoms with Gasteiger partial charge in [-0.2, -0.15) is 0 Å². The van der Waals surface area contributed by atoms with Crippen molar-refractivity contribution in [3.63, 3.8) is 0 Å². The molecule has 0 saturated carbocycles. The average molecular weight is 298 g/mol. The van der Waals surface area contributed by atoms with Gasteiger partial charge in [-0.15, -0.1) is 0 Å². The molecule has 2 N–H and O–H groups in total.